The first kappa shape index (κ1) is 12.0. The van der Waals surface area contributed by atoms with E-state index in [-0.39, 0.29) is 0 Å². The van der Waals surface area contributed by atoms with Crippen LogP contribution in [0.25, 0.3) is 0 Å². The molecular weight excluding hydrogens is 194 g/mol. The van der Waals surface area contributed by atoms with Gasteiger partial charge in [-0.15, -0.1) is 0 Å². The molecule has 0 heterocycles. The maximum absolute atomic E-state index is 11.3. The molecule has 1 amide bonds. The lowest BCUT2D eigenvalue weighted by atomic mass is 9.75. The van der Waals surface area contributed by atoms with Gasteiger partial charge >= 0.3 is 5.97 Å². The number of carboxylic acid groups (broad SMARTS) is 1. The third kappa shape index (κ3) is 2.13. The van der Waals surface area contributed by atoms with E-state index < -0.39 is 11.5 Å². The maximum atomic E-state index is 11.3. The highest BCUT2D eigenvalue weighted by atomic mass is 16.4. The number of hydrogen-bond donors (Lipinski definition) is 1. The number of carbonyl (C=O) groups is 2. The highest BCUT2D eigenvalue weighted by molar-refractivity contribution is 5.81. The zero-order valence-corrected chi connectivity index (χ0v) is 9.40. The quantitative estimate of drug-likeness (QED) is 0.720. The third-order valence-electron chi connectivity index (χ3n) is 3.74. The Hall–Kier alpha value is -1.06. The largest absolute Gasteiger partial charge is 0.479 e. The van der Waals surface area contributed by atoms with Crippen molar-refractivity contribution in [1.29, 1.82) is 0 Å². The molecule has 1 saturated carbocycles. The van der Waals surface area contributed by atoms with Crippen LogP contribution < -0.4 is 0 Å². The fourth-order valence-electron chi connectivity index (χ4n) is 2.38. The van der Waals surface area contributed by atoms with Crippen LogP contribution in [0.1, 0.15) is 39.0 Å². The van der Waals surface area contributed by atoms with Crippen LogP contribution in [0.5, 0.6) is 0 Å². The van der Waals surface area contributed by atoms with E-state index in [9.17, 15) is 14.7 Å². The van der Waals surface area contributed by atoms with Crippen LogP contribution in [-0.4, -0.2) is 35.0 Å². The molecule has 4 heteroatoms. The molecule has 0 radical (unpaired) electrons. The molecule has 0 aromatic rings. The van der Waals surface area contributed by atoms with Crippen molar-refractivity contribution in [1.82, 2.24) is 4.90 Å². The van der Waals surface area contributed by atoms with Crippen LogP contribution in [0.4, 0.5) is 0 Å². The fraction of sp³-hybridized carbons (Fsp3) is 0.818. The van der Waals surface area contributed by atoms with Gasteiger partial charge in [-0.25, -0.2) is 4.79 Å². The topological polar surface area (TPSA) is 57.6 Å². The lowest BCUT2D eigenvalue weighted by molar-refractivity contribution is -0.157. The summed E-state index contributed by atoms with van der Waals surface area (Å²) in [4.78, 5) is 23.3. The Morgan fingerprint density at radius 3 is 2.40 bits per heavy atom. The van der Waals surface area contributed by atoms with E-state index >= 15 is 0 Å². The zero-order valence-electron chi connectivity index (χ0n) is 9.40. The first-order chi connectivity index (χ1) is 7.06. The van der Waals surface area contributed by atoms with Crippen molar-refractivity contribution < 1.29 is 14.7 Å². The molecule has 1 aliphatic carbocycles. The second-order valence-corrected chi connectivity index (χ2v) is 4.40. The van der Waals surface area contributed by atoms with Crippen LogP contribution >= 0.6 is 0 Å². The van der Waals surface area contributed by atoms with Crippen molar-refractivity contribution in [3.8, 4) is 0 Å². The summed E-state index contributed by atoms with van der Waals surface area (Å²) in [6.07, 6.45) is 4.69. The van der Waals surface area contributed by atoms with Crippen molar-refractivity contribution in [2.24, 2.45) is 5.92 Å². The predicted molar refractivity (Wildman–Crippen MR) is 56.4 cm³/mol. The number of amides is 1. The molecule has 0 aliphatic heterocycles. The fourth-order valence-corrected chi connectivity index (χ4v) is 2.38. The molecule has 15 heavy (non-hydrogen) atoms. The first-order valence-electron chi connectivity index (χ1n) is 5.48. The first-order valence-corrected chi connectivity index (χ1v) is 5.48. The van der Waals surface area contributed by atoms with E-state index in [2.05, 4.69) is 6.92 Å². The molecule has 0 aromatic carbocycles. The normalized spacial score (nSPS) is 30.9. The van der Waals surface area contributed by atoms with E-state index in [1.54, 1.807) is 7.05 Å². The molecule has 0 bridgehead atoms. The smallest absolute Gasteiger partial charge is 0.329 e. The van der Waals surface area contributed by atoms with Crippen molar-refractivity contribution in [2.45, 2.75) is 44.6 Å². The second kappa shape index (κ2) is 4.64. The van der Waals surface area contributed by atoms with Crippen LogP contribution in [0.2, 0.25) is 0 Å². The van der Waals surface area contributed by atoms with Gasteiger partial charge in [-0.2, -0.15) is 0 Å². The van der Waals surface area contributed by atoms with Gasteiger partial charge in [-0.1, -0.05) is 13.3 Å². The van der Waals surface area contributed by atoms with Gasteiger partial charge in [0.05, 0.1) is 0 Å². The van der Waals surface area contributed by atoms with Gasteiger partial charge < -0.3 is 10.0 Å². The van der Waals surface area contributed by atoms with E-state index in [0.717, 1.165) is 19.3 Å². The van der Waals surface area contributed by atoms with Crippen molar-refractivity contribution in [2.75, 3.05) is 7.05 Å². The number of likely N-dealkylation sites (N-methyl/N-ethyl adjacent to an activating group) is 1. The third-order valence-corrected chi connectivity index (χ3v) is 3.74. The van der Waals surface area contributed by atoms with Crippen LogP contribution in [0.15, 0.2) is 0 Å². The van der Waals surface area contributed by atoms with Gasteiger partial charge in [0.15, 0.2) is 0 Å². The number of nitrogens with zero attached hydrogens (tertiary/aromatic N) is 1. The molecule has 0 spiro atoms. The van der Waals surface area contributed by atoms with Crippen LogP contribution in [-0.2, 0) is 9.59 Å². The van der Waals surface area contributed by atoms with E-state index in [0.29, 0.717) is 25.2 Å². The molecule has 1 fully saturated rings. The number of carboxylic acids is 1. The lowest BCUT2D eigenvalue weighted by Gasteiger charge is -2.41. The molecule has 0 saturated heterocycles. The van der Waals surface area contributed by atoms with Gasteiger partial charge in [0.25, 0.3) is 0 Å². The number of hydrogen-bond acceptors (Lipinski definition) is 2. The standard InChI is InChI=1S/C11H19NO3/c1-3-9-4-6-11(7-5-9,10(14)15)12(2)8-13/h8-9H,3-7H2,1-2H3,(H,14,15). The van der Waals surface area contributed by atoms with Crippen LogP contribution in [0, 0.1) is 5.92 Å². The summed E-state index contributed by atoms with van der Waals surface area (Å²) in [6.45, 7) is 2.13. The Morgan fingerprint density at radius 2 is 2.07 bits per heavy atom. The van der Waals surface area contributed by atoms with Crippen molar-refractivity contribution in [3.63, 3.8) is 0 Å². The molecule has 0 atom stereocenters. The zero-order chi connectivity index (χ0) is 11.5. The minimum Gasteiger partial charge on any atom is -0.479 e. The molecule has 0 aromatic heterocycles. The highest BCUT2D eigenvalue weighted by Crippen LogP contribution is 2.36. The summed E-state index contributed by atoms with van der Waals surface area (Å²) in [5.41, 5.74) is -0.951. The maximum Gasteiger partial charge on any atom is 0.329 e. The summed E-state index contributed by atoms with van der Waals surface area (Å²) in [7, 11) is 1.56. The van der Waals surface area contributed by atoms with Crippen LogP contribution in [0.3, 0.4) is 0 Å². The average Bonchev–Trinajstić information content (AvgIpc) is 2.27. The minimum absolute atomic E-state index is 0.579. The van der Waals surface area contributed by atoms with Gasteiger partial charge in [-0.05, 0) is 31.6 Å². The summed E-state index contributed by atoms with van der Waals surface area (Å²) in [6, 6.07) is 0. The average molecular weight is 213 g/mol. The van der Waals surface area contributed by atoms with Gasteiger partial charge in [-0.3, -0.25) is 4.79 Å². The van der Waals surface area contributed by atoms with E-state index in [1.165, 1.54) is 4.90 Å². The van der Waals surface area contributed by atoms with E-state index in [1.807, 2.05) is 0 Å². The molecule has 4 nitrogen and oxygen atoms in total. The van der Waals surface area contributed by atoms with Gasteiger partial charge in [0.2, 0.25) is 6.41 Å². The number of rotatable bonds is 4. The lowest BCUT2D eigenvalue weighted by Crippen LogP contribution is -2.54. The number of carbonyl (C=O) groups excluding carboxylic acids is 1. The Balaban J connectivity index is 2.78. The minimum atomic E-state index is -0.951. The summed E-state index contributed by atoms with van der Waals surface area (Å²) in [5.74, 6) is -0.246. The van der Waals surface area contributed by atoms with E-state index in [4.69, 9.17) is 0 Å². The summed E-state index contributed by atoms with van der Waals surface area (Å²) < 4.78 is 0. The number of aliphatic carboxylic acids is 1. The summed E-state index contributed by atoms with van der Waals surface area (Å²) in [5, 5.41) is 9.25. The molecular formula is C11H19NO3. The second-order valence-electron chi connectivity index (χ2n) is 4.40. The van der Waals surface area contributed by atoms with Gasteiger partial charge in [0.1, 0.15) is 5.54 Å². The summed E-state index contributed by atoms with van der Waals surface area (Å²) >= 11 is 0. The highest BCUT2D eigenvalue weighted by Gasteiger charge is 2.44. The molecule has 86 valence electrons. The molecule has 1 aliphatic rings. The Bertz CT molecular complexity index is 244. The monoisotopic (exact) mass is 213 g/mol. The predicted octanol–water partition coefficient (Wildman–Crippen LogP) is 1.50. The Morgan fingerprint density at radius 1 is 1.53 bits per heavy atom. The SMILES string of the molecule is CCC1CCC(C(=O)O)(N(C)C=O)CC1. The van der Waals surface area contributed by atoms with Crippen molar-refractivity contribution >= 4 is 12.4 Å². The molecule has 1 rings (SSSR count). The Labute approximate surface area is 90.3 Å². The molecule has 0 unspecified atom stereocenters. The van der Waals surface area contributed by atoms with Crippen molar-refractivity contribution in [3.05, 3.63) is 0 Å². The molecule has 1 N–H and O–H groups in total. The Kier molecular flexibility index (Phi) is 3.72. The van der Waals surface area contributed by atoms with Gasteiger partial charge in [0, 0.05) is 7.05 Å².